The fraction of sp³-hybridized carbons (Fsp3) is 0.267. The predicted molar refractivity (Wildman–Crippen MR) is 83.3 cm³/mol. The number of benzene rings is 1. The molecule has 9 heteroatoms. The van der Waals surface area contributed by atoms with Crippen molar-refractivity contribution in [1.29, 1.82) is 0 Å². The molecule has 0 bridgehead atoms. The van der Waals surface area contributed by atoms with E-state index in [2.05, 4.69) is 10.4 Å². The van der Waals surface area contributed by atoms with Gasteiger partial charge in [0, 0.05) is 6.54 Å². The first kappa shape index (κ1) is 17.1. The third kappa shape index (κ3) is 3.75. The Kier molecular flexibility index (Phi) is 4.93. The summed E-state index contributed by atoms with van der Waals surface area (Å²) < 4.78 is 1.12. The van der Waals surface area contributed by atoms with Crippen molar-refractivity contribution in [2.75, 3.05) is 6.54 Å². The van der Waals surface area contributed by atoms with Crippen molar-refractivity contribution in [3.05, 3.63) is 58.4 Å². The van der Waals surface area contributed by atoms with Crippen molar-refractivity contribution in [2.24, 2.45) is 0 Å². The first-order valence-corrected chi connectivity index (χ1v) is 7.05. The molecule has 1 atom stereocenters. The summed E-state index contributed by atoms with van der Waals surface area (Å²) in [5, 5.41) is 26.3. The second kappa shape index (κ2) is 6.90. The van der Waals surface area contributed by atoms with Crippen LogP contribution in [0.2, 0.25) is 0 Å². The minimum Gasteiger partial charge on any atom is -0.481 e. The van der Waals surface area contributed by atoms with Crippen molar-refractivity contribution < 1.29 is 19.6 Å². The van der Waals surface area contributed by atoms with Gasteiger partial charge in [0.1, 0.15) is 24.4 Å². The van der Waals surface area contributed by atoms with Gasteiger partial charge in [0.15, 0.2) is 0 Å². The lowest BCUT2D eigenvalue weighted by Crippen LogP contribution is -2.45. The van der Waals surface area contributed by atoms with Gasteiger partial charge in [-0.05, 0) is 12.5 Å². The van der Waals surface area contributed by atoms with Gasteiger partial charge in [-0.2, -0.15) is 5.10 Å². The molecule has 0 aliphatic heterocycles. The Morgan fingerprint density at radius 1 is 1.38 bits per heavy atom. The molecule has 1 amide bonds. The van der Waals surface area contributed by atoms with Crippen molar-refractivity contribution in [3.8, 4) is 0 Å². The third-order valence-electron chi connectivity index (χ3n) is 3.66. The Labute approximate surface area is 137 Å². The normalized spacial score (nSPS) is 13.0. The number of nitrogens with one attached hydrogen (secondary N) is 1. The molecule has 1 heterocycles. The molecule has 0 saturated carbocycles. The van der Waals surface area contributed by atoms with E-state index >= 15 is 0 Å². The molecule has 0 radical (unpaired) electrons. The predicted octanol–water partition coefficient (Wildman–Crippen LogP) is 0.950. The number of nitro groups is 1. The number of carbonyl (C=O) groups excluding carboxylic acids is 1. The van der Waals surface area contributed by atoms with E-state index in [1.807, 2.05) is 0 Å². The minimum absolute atomic E-state index is 0.117. The number of amides is 1. The minimum atomic E-state index is -1.28. The SMILES string of the molecule is CC(CNC(=O)Cn1cc([N+](=O)[O-])cn1)(C(=O)O)c1ccccc1. The van der Waals surface area contributed by atoms with E-state index in [-0.39, 0.29) is 18.8 Å². The van der Waals surface area contributed by atoms with Gasteiger partial charge in [-0.15, -0.1) is 0 Å². The zero-order valence-electron chi connectivity index (χ0n) is 12.9. The van der Waals surface area contributed by atoms with Crippen molar-refractivity contribution in [2.45, 2.75) is 18.9 Å². The fourth-order valence-corrected chi connectivity index (χ4v) is 2.12. The van der Waals surface area contributed by atoms with Crippen LogP contribution >= 0.6 is 0 Å². The molecule has 1 aromatic heterocycles. The topological polar surface area (TPSA) is 127 Å². The molecule has 9 nitrogen and oxygen atoms in total. The van der Waals surface area contributed by atoms with E-state index in [0.29, 0.717) is 5.56 Å². The quantitative estimate of drug-likeness (QED) is 0.574. The molecular formula is C15H16N4O5. The highest BCUT2D eigenvalue weighted by atomic mass is 16.6. The lowest BCUT2D eigenvalue weighted by Gasteiger charge is -2.25. The molecule has 1 aromatic carbocycles. The molecule has 2 aromatic rings. The van der Waals surface area contributed by atoms with Crippen LogP contribution in [0.3, 0.4) is 0 Å². The maximum Gasteiger partial charge on any atom is 0.315 e. The van der Waals surface area contributed by atoms with Gasteiger partial charge in [0.05, 0.1) is 4.92 Å². The number of carboxylic acids is 1. The average molecular weight is 332 g/mol. The van der Waals surface area contributed by atoms with Gasteiger partial charge >= 0.3 is 11.7 Å². The van der Waals surface area contributed by atoms with E-state index < -0.39 is 22.2 Å². The maximum atomic E-state index is 12.0. The highest BCUT2D eigenvalue weighted by Crippen LogP contribution is 2.23. The highest BCUT2D eigenvalue weighted by Gasteiger charge is 2.35. The van der Waals surface area contributed by atoms with Gasteiger partial charge < -0.3 is 10.4 Å². The van der Waals surface area contributed by atoms with Crippen LogP contribution in [0, 0.1) is 10.1 Å². The van der Waals surface area contributed by atoms with Crippen LogP contribution in [0.1, 0.15) is 12.5 Å². The summed E-state index contributed by atoms with van der Waals surface area (Å²) in [5.74, 6) is -1.56. The monoisotopic (exact) mass is 332 g/mol. The van der Waals surface area contributed by atoms with Crippen LogP contribution in [0.25, 0.3) is 0 Å². The average Bonchev–Trinajstić information content (AvgIpc) is 3.02. The summed E-state index contributed by atoms with van der Waals surface area (Å²) in [6.07, 6.45) is 2.17. The third-order valence-corrected chi connectivity index (χ3v) is 3.66. The molecule has 0 spiro atoms. The molecular weight excluding hydrogens is 316 g/mol. The number of hydrogen-bond acceptors (Lipinski definition) is 5. The number of carbonyl (C=O) groups is 2. The van der Waals surface area contributed by atoms with Crippen LogP contribution in [-0.2, 0) is 21.5 Å². The Bertz CT molecular complexity index is 758. The van der Waals surface area contributed by atoms with Gasteiger partial charge in [-0.25, -0.2) is 0 Å². The lowest BCUT2D eigenvalue weighted by molar-refractivity contribution is -0.385. The summed E-state index contributed by atoms with van der Waals surface area (Å²) in [4.78, 5) is 33.5. The lowest BCUT2D eigenvalue weighted by atomic mass is 9.82. The van der Waals surface area contributed by atoms with E-state index in [1.54, 1.807) is 30.3 Å². The zero-order valence-corrected chi connectivity index (χ0v) is 12.9. The summed E-state index contributed by atoms with van der Waals surface area (Å²) in [6.45, 7) is 1.16. The van der Waals surface area contributed by atoms with Gasteiger partial charge in [-0.1, -0.05) is 30.3 Å². The van der Waals surface area contributed by atoms with E-state index in [4.69, 9.17) is 0 Å². The van der Waals surface area contributed by atoms with Crippen LogP contribution in [0.15, 0.2) is 42.7 Å². The standard InChI is InChI=1S/C15H16N4O5/c1-15(14(21)22,11-5-3-2-4-6-11)10-16-13(20)9-18-8-12(7-17-18)19(23)24/h2-8H,9-10H2,1H3,(H,16,20)(H,21,22). The molecule has 0 saturated heterocycles. The Morgan fingerprint density at radius 2 is 2.04 bits per heavy atom. The van der Waals surface area contributed by atoms with E-state index in [0.717, 1.165) is 17.1 Å². The molecule has 1 unspecified atom stereocenters. The molecule has 0 aliphatic carbocycles. The van der Waals surface area contributed by atoms with Crippen molar-refractivity contribution >= 4 is 17.6 Å². The van der Waals surface area contributed by atoms with E-state index in [9.17, 15) is 24.8 Å². The summed E-state index contributed by atoms with van der Waals surface area (Å²) in [5.41, 5.74) is -0.942. The Balaban J connectivity index is 2.02. The summed E-state index contributed by atoms with van der Waals surface area (Å²) in [7, 11) is 0. The number of hydrogen-bond donors (Lipinski definition) is 2. The molecule has 24 heavy (non-hydrogen) atoms. The number of aliphatic carboxylic acids is 1. The zero-order chi connectivity index (χ0) is 17.7. The smallest absolute Gasteiger partial charge is 0.315 e. The fourth-order valence-electron chi connectivity index (χ4n) is 2.12. The van der Waals surface area contributed by atoms with E-state index in [1.165, 1.54) is 6.92 Å². The summed E-state index contributed by atoms with van der Waals surface area (Å²) >= 11 is 0. The number of rotatable bonds is 7. The maximum absolute atomic E-state index is 12.0. The number of carboxylic acid groups (broad SMARTS) is 1. The second-order valence-electron chi connectivity index (χ2n) is 5.43. The van der Waals surface area contributed by atoms with Gasteiger partial charge in [0.2, 0.25) is 5.91 Å². The number of nitrogens with zero attached hydrogens (tertiary/aromatic N) is 3. The summed E-state index contributed by atoms with van der Waals surface area (Å²) in [6, 6.07) is 8.58. The van der Waals surface area contributed by atoms with Crippen molar-refractivity contribution in [3.63, 3.8) is 0 Å². The molecule has 0 fully saturated rings. The van der Waals surface area contributed by atoms with Crippen LogP contribution in [0.4, 0.5) is 5.69 Å². The first-order chi connectivity index (χ1) is 11.3. The molecule has 126 valence electrons. The van der Waals surface area contributed by atoms with Crippen LogP contribution in [-0.4, -0.2) is 38.2 Å². The second-order valence-corrected chi connectivity index (χ2v) is 5.43. The first-order valence-electron chi connectivity index (χ1n) is 7.05. The van der Waals surface area contributed by atoms with Gasteiger partial charge in [-0.3, -0.25) is 24.4 Å². The van der Waals surface area contributed by atoms with Crippen LogP contribution in [0.5, 0.6) is 0 Å². The Hall–Kier alpha value is -3.23. The highest BCUT2D eigenvalue weighted by molar-refractivity contribution is 5.83. The molecule has 2 rings (SSSR count). The molecule has 2 N–H and O–H groups in total. The Morgan fingerprint density at radius 3 is 2.58 bits per heavy atom. The number of aromatic nitrogens is 2. The molecule has 0 aliphatic rings. The largest absolute Gasteiger partial charge is 0.481 e. The van der Waals surface area contributed by atoms with Crippen LogP contribution < -0.4 is 5.32 Å². The van der Waals surface area contributed by atoms with Gasteiger partial charge in [0.25, 0.3) is 0 Å². The van der Waals surface area contributed by atoms with Crippen molar-refractivity contribution in [1.82, 2.24) is 15.1 Å².